The van der Waals surface area contributed by atoms with E-state index in [1.54, 1.807) is 0 Å². The first-order valence-corrected chi connectivity index (χ1v) is 6.37. The minimum absolute atomic E-state index is 0.154. The summed E-state index contributed by atoms with van der Waals surface area (Å²) in [7, 11) is 0. The van der Waals surface area contributed by atoms with Gasteiger partial charge in [-0.2, -0.15) is 4.68 Å². The smallest absolute Gasteiger partial charge is 0.181 e. The average Bonchev–Trinajstić information content (AvgIpc) is 3.04. The quantitative estimate of drug-likeness (QED) is 0.764. The Morgan fingerprint density at radius 1 is 1.17 bits per heavy atom. The molecule has 0 unspecified atom stereocenters. The summed E-state index contributed by atoms with van der Waals surface area (Å²) in [4.78, 5) is 2.48. The van der Waals surface area contributed by atoms with Crippen LogP contribution in [0.3, 0.4) is 0 Å². The second kappa shape index (κ2) is 3.10. The summed E-state index contributed by atoms with van der Waals surface area (Å²) in [6.45, 7) is 4.40. The van der Waals surface area contributed by atoms with Crippen LogP contribution >= 0.6 is 0 Å². The number of benzene rings is 1. The van der Waals surface area contributed by atoms with Crippen LogP contribution in [0.25, 0.3) is 5.69 Å². The van der Waals surface area contributed by atoms with Gasteiger partial charge in [0.05, 0.1) is 16.9 Å². The molecule has 1 aromatic heterocycles. The van der Waals surface area contributed by atoms with E-state index in [2.05, 4.69) is 52.5 Å². The number of nitrogens with zero attached hydrogens (tertiary/aromatic N) is 5. The van der Waals surface area contributed by atoms with Crippen LogP contribution < -0.4 is 4.90 Å². The Morgan fingerprint density at radius 3 is 2.61 bits per heavy atom. The SMILES string of the molecule is CC1(C)c2nnnn2-c2ccccc2N1C1CC1. The molecular weight excluding hydrogens is 226 g/mol. The lowest BCUT2D eigenvalue weighted by Gasteiger charge is -2.43. The summed E-state index contributed by atoms with van der Waals surface area (Å²) in [5.74, 6) is 0.924. The van der Waals surface area contributed by atoms with Crippen molar-refractivity contribution in [3.63, 3.8) is 0 Å². The Morgan fingerprint density at radius 2 is 1.89 bits per heavy atom. The summed E-state index contributed by atoms with van der Waals surface area (Å²) in [5, 5.41) is 12.2. The molecule has 18 heavy (non-hydrogen) atoms. The zero-order valence-electron chi connectivity index (χ0n) is 10.5. The molecule has 1 aliphatic heterocycles. The maximum atomic E-state index is 4.23. The van der Waals surface area contributed by atoms with Gasteiger partial charge in [-0.1, -0.05) is 12.1 Å². The highest BCUT2D eigenvalue weighted by Crippen LogP contribution is 2.46. The van der Waals surface area contributed by atoms with E-state index in [0.29, 0.717) is 6.04 Å². The van der Waals surface area contributed by atoms with Gasteiger partial charge in [0.15, 0.2) is 5.82 Å². The van der Waals surface area contributed by atoms with Crippen molar-refractivity contribution >= 4 is 5.69 Å². The number of para-hydroxylation sites is 2. The van der Waals surface area contributed by atoms with E-state index in [-0.39, 0.29) is 5.54 Å². The van der Waals surface area contributed by atoms with E-state index in [4.69, 9.17) is 0 Å². The molecule has 92 valence electrons. The molecule has 0 spiro atoms. The first kappa shape index (κ1) is 10.1. The van der Waals surface area contributed by atoms with Crippen LogP contribution in [0.2, 0.25) is 0 Å². The van der Waals surface area contributed by atoms with Crippen LogP contribution in [-0.2, 0) is 5.54 Å². The largest absolute Gasteiger partial charge is 0.354 e. The van der Waals surface area contributed by atoms with E-state index in [1.807, 2.05) is 10.7 Å². The maximum absolute atomic E-state index is 4.23. The third kappa shape index (κ3) is 1.14. The molecule has 1 fully saturated rings. The van der Waals surface area contributed by atoms with E-state index >= 15 is 0 Å². The second-order valence-corrected chi connectivity index (χ2v) is 5.56. The third-order valence-corrected chi connectivity index (χ3v) is 3.90. The Bertz CT molecular complexity index is 611. The Balaban J connectivity index is 2.02. The predicted octanol–water partition coefficient (Wildman–Crippen LogP) is 1.88. The maximum Gasteiger partial charge on any atom is 0.181 e. The second-order valence-electron chi connectivity index (χ2n) is 5.56. The molecule has 1 saturated carbocycles. The fourth-order valence-electron chi connectivity index (χ4n) is 2.97. The van der Waals surface area contributed by atoms with Crippen molar-refractivity contribution in [2.75, 3.05) is 4.90 Å². The zero-order valence-corrected chi connectivity index (χ0v) is 10.5. The molecule has 5 heteroatoms. The number of tetrazole rings is 1. The summed E-state index contributed by atoms with van der Waals surface area (Å²) in [5.41, 5.74) is 2.17. The monoisotopic (exact) mass is 241 g/mol. The molecule has 5 nitrogen and oxygen atoms in total. The fraction of sp³-hybridized carbons (Fsp3) is 0.462. The van der Waals surface area contributed by atoms with Crippen molar-refractivity contribution in [2.45, 2.75) is 38.3 Å². The molecule has 0 bridgehead atoms. The molecule has 0 N–H and O–H groups in total. The molecule has 0 atom stereocenters. The van der Waals surface area contributed by atoms with Gasteiger partial charge in [-0.3, -0.25) is 0 Å². The van der Waals surface area contributed by atoms with Crippen LogP contribution in [0.5, 0.6) is 0 Å². The molecule has 0 radical (unpaired) electrons. The van der Waals surface area contributed by atoms with Crippen LogP contribution in [0, 0.1) is 0 Å². The summed E-state index contributed by atoms with van der Waals surface area (Å²) in [6.07, 6.45) is 2.53. The highest BCUT2D eigenvalue weighted by atomic mass is 15.6. The Labute approximate surface area is 105 Å². The van der Waals surface area contributed by atoms with E-state index in [0.717, 1.165) is 11.5 Å². The average molecular weight is 241 g/mol. The number of anilines is 1. The van der Waals surface area contributed by atoms with Gasteiger partial charge in [-0.15, -0.1) is 5.10 Å². The van der Waals surface area contributed by atoms with Gasteiger partial charge < -0.3 is 4.90 Å². The normalized spacial score (nSPS) is 20.4. The van der Waals surface area contributed by atoms with Crippen molar-refractivity contribution in [1.82, 2.24) is 20.2 Å². The fourth-order valence-corrected chi connectivity index (χ4v) is 2.97. The topological polar surface area (TPSA) is 46.8 Å². The predicted molar refractivity (Wildman–Crippen MR) is 67.7 cm³/mol. The molecular formula is C13H15N5. The van der Waals surface area contributed by atoms with Crippen molar-refractivity contribution in [3.8, 4) is 5.69 Å². The summed E-state index contributed by atoms with van der Waals surface area (Å²) >= 11 is 0. The van der Waals surface area contributed by atoms with Crippen molar-refractivity contribution in [3.05, 3.63) is 30.1 Å². The molecule has 1 aliphatic carbocycles. The standard InChI is InChI=1S/C13H15N5/c1-13(2)12-14-15-16-18(12)11-6-4-3-5-10(11)17(13)9-7-8-9/h3-6,9H,7-8H2,1-2H3. The molecule has 2 aliphatic rings. The Kier molecular flexibility index (Phi) is 1.73. The van der Waals surface area contributed by atoms with E-state index in [1.165, 1.54) is 18.5 Å². The van der Waals surface area contributed by atoms with Gasteiger partial charge in [-0.05, 0) is 49.2 Å². The van der Waals surface area contributed by atoms with E-state index in [9.17, 15) is 0 Å². The molecule has 2 aromatic rings. The van der Waals surface area contributed by atoms with Gasteiger partial charge in [0.25, 0.3) is 0 Å². The van der Waals surface area contributed by atoms with Crippen molar-refractivity contribution in [1.29, 1.82) is 0 Å². The Hall–Kier alpha value is -1.91. The van der Waals surface area contributed by atoms with Gasteiger partial charge in [0.2, 0.25) is 0 Å². The minimum atomic E-state index is -0.154. The number of hydrogen-bond acceptors (Lipinski definition) is 4. The van der Waals surface area contributed by atoms with Crippen LogP contribution in [-0.4, -0.2) is 26.2 Å². The summed E-state index contributed by atoms with van der Waals surface area (Å²) in [6, 6.07) is 9.00. The number of fused-ring (bicyclic) bond motifs is 3. The molecule has 4 rings (SSSR count). The highest BCUT2D eigenvalue weighted by molar-refractivity contribution is 5.68. The molecule has 1 aromatic carbocycles. The van der Waals surface area contributed by atoms with Gasteiger partial charge in [0, 0.05) is 6.04 Å². The lowest BCUT2D eigenvalue weighted by atomic mass is 9.96. The molecule has 0 saturated heterocycles. The van der Waals surface area contributed by atoms with Crippen LogP contribution in [0.1, 0.15) is 32.5 Å². The minimum Gasteiger partial charge on any atom is -0.354 e. The molecule has 0 amide bonds. The van der Waals surface area contributed by atoms with Crippen LogP contribution in [0.4, 0.5) is 5.69 Å². The third-order valence-electron chi connectivity index (χ3n) is 3.90. The lowest BCUT2D eigenvalue weighted by Crippen LogP contribution is -2.48. The van der Waals surface area contributed by atoms with Gasteiger partial charge >= 0.3 is 0 Å². The molecule has 2 heterocycles. The van der Waals surface area contributed by atoms with Crippen LogP contribution in [0.15, 0.2) is 24.3 Å². The lowest BCUT2D eigenvalue weighted by molar-refractivity contribution is 0.422. The van der Waals surface area contributed by atoms with Crippen molar-refractivity contribution < 1.29 is 0 Å². The zero-order chi connectivity index (χ0) is 12.3. The summed E-state index contributed by atoms with van der Waals surface area (Å²) < 4.78 is 1.87. The van der Waals surface area contributed by atoms with Gasteiger partial charge in [0.1, 0.15) is 0 Å². The number of hydrogen-bond donors (Lipinski definition) is 0. The number of rotatable bonds is 1. The van der Waals surface area contributed by atoms with E-state index < -0.39 is 0 Å². The first-order valence-electron chi connectivity index (χ1n) is 6.37. The van der Waals surface area contributed by atoms with Crippen molar-refractivity contribution in [2.24, 2.45) is 0 Å². The first-order chi connectivity index (χ1) is 8.69. The van der Waals surface area contributed by atoms with Gasteiger partial charge in [-0.25, -0.2) is 0 Å². The highest BCUT2D eigenvalue weighted by Gasteiger charge is 2.46. The number of aromatic nitrogens is 4.